The zero-order valence-electron chi connectivity index (χ0n) is 12.1. The fourth-order valence-corrected chi connectivity index (χ4v) is 3.17. The van der Waals surface area contributed by atoms with Crippen molar-refractivity contribution in [3.05, 3.63) is 40.9 Å². The van der Waals surface area contributed by atoms with Gasteiger partial charge >= 0.3 is 0 Å². The van der Waals surface area contributed by atoms with E-state index in [-0.39, 0.29) is 6.10 Å². The van der Waals surface area contributed by atoms with E-state index < -0.39 is 0 Å². The second-order valence-corrected chi connectivity index (χ2v) is 5.88. The van der Waals surface area contributed by atoms with Crippen molar-refractivity contribution < 1.29 is 5.11 Å². The molecule has 3 rings (SSSR count). The zero-order valence-corrected chi connectivity index (χ0v) is 13.0. The summed E-state index contributed by atoms with van der Waals surface area (Å²) in [5, 5.41) is 14.3. The van der Waals surface area contributed by atoms with E-state index in [0.717, 1.165) is 30.9 Å². The molecule has 1 aromatic carbocycles. The van der Waals surface area contributed by atoms with Crippen LogP contribution in [0.4, 0.5) is 0 Å². The molecule has 1 aliphatic heterocycles. The third-order valence-electron chi connectivity index (χ3n) is 3.83. The van der Waals surface area contributed by atoms with Crippen LogP contribution in [-0.2, 0) is 6.67 Å². The molecule has 1 aromatic heterocycles. The van der Waals surface area contributed by atoms with Gasteiger partial charge in [0.25, 0.3) is 0 Å². The minimum atomic E-state index is -0.231. The van der Waals surface area contributed by atoms with Crippen LogP contribution >= 0.6 is 12.2 Å². The third-order valence-corrected chi connectivity index (χ3v) is 4.22. The molecule has 2 aromatic rings. The molecule has 0 aliphatic carbocycles. The van der Waals surface area contributed by atoms with Crippen molar-refractivity contribution in [1.82, 2.24) is 19.2 Å². The van der Waals surface area contributed by atoms with E-state index in [4.69, 9.17) is 12.2 Å². The molecule has 1 aliphatic rings. The number of nitrogens with zero attached hydrogens (tertiary/aromatic N) is 4. The number of benzene rings is 1. The summed E-state index contributed by atoms with van der Waals surface area (Å²) in [7, 11) is 0. The number of rotatable bonds is 3. The second-order valence-electron chi connectivity index (χ2n) is 5.51. The molecular formula is C15H20N4OS. The minimum Gasteiger partial charge on any atom is -0.392 e. The van der Waals surface area contributed by atoms with Crippen molar-refractivity contribution in [2.75, 3.05) is 13.1 Å². The Labute approximate surface area is 129 Å². The van der Waals surface area contributed by atoms with E-state index in [2.05, 4.69) is 10.00 Å². The molecule has 0 radical (unpaired) electrons. The van der Waals surface area contributed by atoms with E-state index in [1.165, 1.54) is 0 Å². The van der Waals surface area contributed by atoms with Crippen LogP contribution in [0, 0.1) is 11.7 Å². The normalized spacial score (nSPS) is 19.8. The first-order valence-electron chi connectivity index (χ1n) is 7.27. The Hall–Kier alpha value is -1.50. The number of hydrogen-bond donors (Lipinski definition) is 1. The molecule has 0 saturated carbocycles. The molecule has 2 heterocycles. The SMILES string of the molecule is Cc1nn(CN2CCC[C@@H](O)C2)c(=S)n1-c1ccccc1. The van der Waals surface area contributed by atoms with Gasteiger partial charge in [-0.2, -0.15) is 5.10 Å². The molecule has 5 nitrogen and oxygen atoms in total. The molecule has 6 heteroatoms. The second kappa shape index (κ2) is 6.09. The zero-order chi connectivity index (χ0) is 14.8. The van der Waals surface area contributed by atoms with Gasteiger partial charge < -0.3 is 5.11 Å². The van der Waals surface area contributed by atoms with E-state index in [9.17, 15) is 5.11 Å². The quantitative estimate of drug-likeness (QED) is 0.883. The van der Waals surface area contributed by atoms with Crippen LogP contribution in [0.5, 0.6) is 0 Å². The molecule has 0 amide bonds. The first kappa shape index (κ1) is 14.4. The van der Waals surface area contributed by atoms with Crippen molar-refractivity contribution in [2.24, 2.45) is 0 Å². The Kier molecular flexibility index (Phi) is 4.19. The van der Waals surface area contributed by atoms with E-state index in [1.807, 2.05) is 46.5 Å². The Morgan fingerprint density at radius 2 is 2.10 bits per heavy atom. The predicted molar refractivity (Wildman–Crippen MR) is 83.9 cm³/mol. The maximum absolute atomic E-state index is 9.76. The summed E-state index contributed by atoms with van der Waals surface area (Å²) in [6.45, 7) is 4.27. The van der Waals surface area contributed by atoms with Gasteiger partial charge in [-0.25, -0.2) is 4.68 Å². The predicted octanol–water partition coefficient (Wildman–Crippen LogP) is 2.13. The lowest BCUT2D eigenvalue weighted by atomic mass is 10.1. The highest BCUT2D eigenvalue weighted by atomic mass is 32.1. The van der Waals surface area contributed by atoms with Gasteiger partial charge in [-0.1, -0.05) is 18.2 Å². The summed E-state index contributed by atoms with van der Waals surface area (Å²) in [5.41, 5.74) is 1.03. The highest BCUT2D eigenvalue weighted by molar-refractivity contribution is 7.71. The van der Waals surface area contributed by atoms with Gasteiger partial charge in [-0.05, 0) is 44.1 Å². The number of hydrogen-bond acceptors (Lipinski definition) is 4. The fraction of sp³-hybridized carbons (Fsp3) is 0.467. The van der Waals surface area contributed by atoms with Crippen molar-refractivity contribution in [3.8, 4) is 5.69 Å². The number of aryl methyl sites for hydroxylation is 1. The average Bonchev–Trinajstić information content (AvgIpc) is 2.74. The van der Waals surface area contributed by atoms with Crippen LogP contribution < -0.4 is 0 Å². The van der Waals surface area contributed by atoms with Gasteiger partial charge in [0.15, 0.2) is 0 Å². The van der Waals surface area contributed by atoms with Crippen LogP contribution in [-0.4, -0.2) is 43.5 Å². The molecule has 112 valence electrons. The molecule has 0 spiro atoms. The Bertz CT molecular complexity index is 664. The van der Waals surface area contributed by atoms with Crippen LogP contribution in [0.2, 0.25) is 0 Å². The number of β-amino-alcohol motifs (C(OH)–C–C–N with tert-alkyl or cyclic N) is 1. The van der Waals surface area contributed by atoms with Gasteiger partial charge in [0.05, 0.1) is 12.8 Å². The first-order chi connectivity index (χ1) is 10.1. The van der Waals surface area contributed by atoms with Gasteiger partial charge in [0.1, 0.15) is 5.82 Å². The number of aromatic nitrogens is 3. The lowest BCUT2D eigenvalue weighted by Gasteiger charge is -2.29. The lowest BCUT2D eigenvalue weighted by Crippen LogP contribution is -2.39. The maximum Gasteiger partial charge on any atom is 0.203 e. The molecule has 0 bridgehead atoms. The lowest BCUT2D eigenvalue weighted by molar-refractivity contribution is 0.0512. The average molecular weight is 304 g/mol. The highest BCUT2D eigenvalue weighted by Crippen LogP contribution is 2.14. The molecule has 1 N–H and O–H groups in total. The standard InChI is InChI=1S/C15H20N4OS/c1-12-16-18(11-17-9-5-8-14(20)10-17)15(21)19(12)13-6-3-2-4-7-13/h2-4,6-7,14,20H,5,8-11H2,1H3/t14-/m1/s1. The van der Waals surface area contributed by atoms with Crippen molar-refractivity contribution in [3.63, 3.8) is 0 Å². The van der Waals surface area contributed by atoms with Gasteiger partial charge in [0, 0.05) is 18.8 Å². The summed E-state index contributed by atoms with van der Waals surface area (Å²) < 4.78 is 4.52. The minimum absolute atomic E-state index is 0.231. The molecule has 21 heavy (non-hydrogen) atoms. The number of piperidine rings is 1. The van der Waals surface area contributed by atoms with E-state index >= 15 is 0 Å². The Morgan fingerprint density at radius 3 is 2.81 bits per heavy atom. The van der Waals surface area contributed by atoms with Crippen LogP contribution in [0.3, 0.4) is 0 Å². The Morgan fingerprint density at radius 1 is 1.33 bits per heavy atom. The van der Waals surface area contributed by atoms with Gasteiger partial charge in [-0.15, -0.1) is 0 Å². The summed E-state index contributed by atoms with van der Waals surface area (Å²) in [6.07, 6.45) is 1.68. The highest BCUT2D eigenvalue weighted by Gasteiger charge is 2.19. The maximum atomic E-state index is 9.76. The summed E-state index contributed by atoms with van der Waals surface area (Å²) in [6, 6.07) is 10.0. The van der Waals surface area contributed by atoms with Crippen molar-refractivity contribution >= 4 is 12.2 Å². The van der Waals surface area contributed by atoms with Crippen LogP contribution in [0.15, 0.2) is 30.3 Å². The molecule has 1 fully saturated rings. The molecule has 0 unspecified atom stereocenters. The smallest absolute Gasteiger partial charge is 0.203 e. The van der Waals surface area contributed by atoms with Crippen molar-refractivity contribution in [1.29, 1.82) is 0 Å². The molecular weight excluding hydrogens is 284 g/mol. The van der Waals surface area contributed by atoms with Crippen LogP contribution in [0.1, 0.15) is 18.7 Å². The third kappa shape index (κ3) is 3.07. The number of aliphatic hydroxyl groups is 1. The summed E-state index contributed by atoms with van der Waals surface area (Å²) in [4.78, 5) is 2.20. The fourth-order valence-electron chi connectivity index (χ4n) is 2.83. The topological polar surface area (TPSA) is 46.2 Å². The van der Waals surface area contributed by atoms with Crippen molar-refractivity contribution in [2.45, 2.75) is 32.5 Å². The summed E-state index contributed by atoms with van der Waals surface area (Å²) in [5.74, 6) is 0.878. The number of para-hydroxylation sites is 1. The molecule has 1 atom stereocenters. The Balaban J connectivity index is 1.86. The first-order valence-corrected chi connectivity index (χ1v) is 7.68. The monoisotopic (exact) mass is 304 g/mol. The largest absolute Gasteiger partial charge is 0.392 e. The summed E-state index contributed by atoms with van der Waals surface area (Å²) >= 11 is 5.57. The van der Waals surface area contributed by atoms with Gasteiger partial charge in [0.2, 0.25) is 4.77 Å². The molecule has 1 saturated heterocycles. The number of aliphatic hydroxyl groups excluding tert-OH is 1. The van der Waals surface area contributed by atoms with E-state index in [1.54, 1.807) is 0 Å². The van der Waals surface area contributed by atoms with Crippen LogP contribution in [0.25, 0.3) is 5.69 Å². The van der Waals surface area contributed by atoms with Gasteiger partial charge in [-0.3, -0.25) is 9.47 Å². The van der Waals surface area contributed by atoms with E-state index in [0.29, 0.717) is 18.0 Å². The number of likely N-dealkylation sites (tertiary alicyclic amines) is 1.